The number of carbonyl (C=O) groups is 1. The average Bonchev–Trinajstić information content (AvgIpc) is 2.26. The van der Waals surface area contributed by atoms with Crippen LogP contribution in [0.25, 0.3) is 0 Å². The molecule has 16 heavy (non-hydrogen) atoms. The highest BCUT2D eigenvalue weighted by molar-refractivity contribution is 9.10. The van der Waals surface area contributed by atoms with Crippen LogP contribution in [0.5, 0.6) is 0 Å². The van der Waals surface area contributed by atoms with Crippen LogP contribution in [0.4, 0.5) is 0 Å². The zero-order chi connectivity index (χ0) is 12.0. The molecule has 4 heteroatoms. The number of halogens is 1. The molecular formula is C12H13BrN2O. The lowest BCUT2D eigenvalue weighted by Gasteiger charge is -2.09. The number of nitrogens with one attached hydrogen (secondary N) is 1. The summed E-state index contributed by atoms with van der Waals surface area (Å²) in [5.41, 5.74) is 0.930. The summed E-state index contributed by atoms with van der Waals surface area (Å²) in [5, 5.41) is 11.4. The maximum Gasteiger partial charge on any atom is 0.225 e. The van der Waals surface area contributed by atoms with Gasteiger partial charge in [-0.25, -0.2) is 0 Å². The first-order chi connectivity index (χ1) is 7.65. The molecule has 0 saturated carbocycles. The van der Waals surface area contributed by atoms with Gasteiger partial charge in [0.25, 0.3) is 0 Å². The molecule has 0 aliphatic carbocycles. The maximum absolute atomic E-state index is 11.6. The van der Waals surface area contributed by atoms with Crippen LogP contribution in [0.2, 0.25) is 0 Å². The van der Waals surface area contributed by atoms with Gasteiger partial charge in [-0.05, 0) is 24.1 Å². The minimum Gasteiger partial charge on any atom is -0.340 e. The normalized spacial score (nSPS) is 11.6. The van der Waals surface area contributed by atoms with Gasteiger partial charge in [0.05, 0.1) is 12.5 Å². The molecule has 0 heterocycles. The zero-order valence-electron chi connectivity index (χ0n) is 9.03. The fraction of sp³-hybridized carbons (Fsp3) is 0.333. The third kappa shape index (κ3) is 4.03. The van der Waals surface area contributed by atoms with Gasteiger partial charge >= 0.3 is 0 Å². The summed E-state index contributed by atoms with van der Waals surface area (Å²) in [6.07, 6.45) is 0.929. The first-order valence-electron chi connectivity index (χ1n) is 5.09. The molecule has 1 aromatic carbocycles. The predicted molar refractivity (Wildman–Crippen MR) is 65.7 cm³/mol. The van der Waals surface area contributed by atoms with Crippen molar-refractivity contribution in [2.75, 3.05) is 0 Å². The van der Waals surface area contributed by atoms with E-state index in [0.29, 0.717) is 12.8 Å². The molecule has 1 amide bonds. The Balaban J connectivity index is 2.55. The van der Waals surface area contributed by atoms with Crippen LogP contribution in [-0.2, 0) is 11.2 Å². The van der Waals surface area contributed by atoms with Crippen LogP contribution in [0, 0.1) is 11.3 Å². The van der Waals surface area contributed by atoms with E-state index in [9.17, 15) is 4.79 Å². The molecule has 1 aromatic rings. The molecule has 1 rings (SSSR count). The van der Waals surface area contributed by atoms with E-state index < -0.39 is 0 Å². The van der Waals surface area contributed by atoms with Crippen LogP contribution in [0.3, 0.4) is 0 Å². The second kappa shape index (κ2) is 6.29. The second-order valence-electron chi connectivity index (χ2n) is 3.46. The van der Waals surface area contributed by atoms with E-state index in [1.54, 1.807) is 0 Å². The van der Waals surface area contributed by atoms with E-state index in [-0.39, 0.29) is 11.9 Å². The Morgan fingerprint density at radius 1 is 1.62 bits per heavy atom. The van der Waals surface area contributed by atoms with Gasteiger partial charge in [-0.1, -0.05) is 35.0 Å². The molecule has 0 radical (unpaired) electrons. The molecule has 3 nitrogen and oxygen atoms in total. The quantitative estimate of drug-likeness (QED) is 0.921. The van der Waals surface area contributed by atoms with Crippen molar-refractivity contribution in [1.29, 1.82) is 5.26 Å². The lowest BCUT2D eigenvalue weighted by atomic mass is 10.1. The standard InChI is InChI=1S/C12H13BrN2O/c1-2-11(8-14)15-12(16)7-9-4-3-5-10(13)6-9/h3-6,11H,2,7H2,1H3,(H,15,16). The molecule has 0 bridgehead atoms. The van der Waals surface area contributed by atoms with Gasteiger partial charge in [-0.3, -0.25) is 4.79 Å². The molecule has 0 fully saturated rings. The lowest BCUT2D eigenvalue weighted by molar-refractivity contribution is -0.120. The van der Waals surface area contributed by atoms with Gasteiger partial charge in [-0.15, -0.1) is 0 Å². The summed E-state index contributed by atoms with van der Waals surface area (Å²) in [4.78, 5) is 11.6. The van der Waals surface area contributed by atoms with Crippen molar-refractivity contribution in [3.05, 3.63) is 34.3 Å². The fourth-order valence-electron chi connectivity index (χ4n) is 1.30. The van der Waals surface area contributed by atoms with Crippen molar-refractivity contribution in [2.24, 2.45) is 0 Å². The van der Waals surface area contributed by atoms with Crippen molar-refractivity contribution in [2.45, 2.75) is 25.8 Å². The highest BCUT2D eigenvalue weighted by Crippen LogP contribution is 2.12. The Morgan fingerprint density at radius 2 is 2.38 bits per heavy atom. The van der Waals surface area contributed by atoms with Gasteiger partial charge in [-0.2, -0.15) is 5.26 Å². The number of benzene rings is 1. The van der Waals surface area contributed by atoms with E-state index in [1.807, 2.05) is 37.3 Å². The Labute approximate surface area is 104 Å². The first-order valence-corrected chi connectivity index (χ1v) is 5.88. The van der Waals surface area contributed by atoms with Gasteiger partial charge in [0.15, 0.2) is 0 Å². The first kappa shape index (κ1) is 12.7. The second-order valence-corrected chi connectivity index (χ2v) is 4.38. The Kier molecular flexibility index (Phi) is 5.00. The van der Waals surface area contributed by atoms with Crippen molar-refractivity contribution in [1.82, 2.24) is 5.32 Å². The average molecular weight is 281 g/mol. The molecular weight excluding hydrogens is 268 g/mol. The van der Waals surface area contributed by atoms with Crippen molar-refractivity contribution in [3.8, 4) is 6.07 Å². The Morgan fingerprint density at radius 3 is 2.94 bits per heavy atom. The Hall–Kier alpha value is -1.34. The zero-order valence-corrected chi connectivity index (χ0v) is 10.6. The van der Waals surface area contributed by atoms with Crippen LogP contribution in [0.1, 0.15) is 18.9 Å². The summed E-state index contributed by atoms with van der Waals surface area (Å²) in [7, 11) is 0. The van der Waals surface area contributed by atoms with Crippen LogP contribution in [-0.4, -0.2) is 11.9 Å². The molecule has 1 unspecified atom stereocenters. The summed E-state index contributed by atoms with van der Waals surface area (Å²) in [5.74, 6) is -0.119. The third-order valence-corrected chi connectivity index (χ3v) is 2.65. The summed E-state index contributed by atoms with van der Waals surface area (Å²) in [6, 6.07) is 9.22. The van der Waals surface area contributed by atoms with E-state index in [2.05, 4.69) is 21.2 Å². The van der Waals surface area contributed by atoms with E-state index in [1.165, 1.54) is 0 Å². The Bertz CT molecular complexity index is 412. The molecule has 1 atom stereocenters. The number of hydrogen-bond donors (Lipinski definition) is 1. The topological polar surface area (TPSA) is 52.9 Å². The monoisotopic (exact) mass is 280 g/mol. The summed E-state index contributed by atoms with van der Waals surface area (Å²) in [6.45, 7) is 1.87. The molecule has 84 valence electrons. The highest BCUT2D eigenvalue weighted by atomic mass is 79.9. The van der Waals surface area contributed by atoms with Crippen molar-refractivity contribution in [3.63, 3.8) is 0 Å². The number of nitrogens with zero attached hydrogens (tertiary/aromatic N) is 1. The van der Waals surface area contributed by atoms with Crippen LogP contribution in [0.15, 0.2) is 28.7 Å². The maximum atomic E-state index is 11.6. The largest absolute Gasteiger partial charge is 0.340 e. The molecule has 0 aliphatic rings. The van der Waals surface area contributed by atoms with E-state index >= 15 is 0 Å². The summed E-state index contributed by atoms with van der Waals surface area (Å²) < 4.78 is 0.949. The van der Waals surface area contributed by atoms with Crippen molar-refractivity contribution >= 4 is 21.8 Å². The van der Waals surface area contributed by atoms with Gasteiger partial charge < -0.3 is 5.32 Å². The number of rotatable bonds is 4. The molecule has 1 N–H and O–H groups in total. The van der Waals surface area contributed by atoms with Crippen molar-refractivity contribution < 1.29 is 4.79 Å². The van der Waals surface area contributed by atoms with E-state index in [4.69, 9.17) is 5.26 Å². The molecule has 0 saturated heterocycles. The van der Waals surface area contributed by atoms with E-state index in [0.717, 1.165) is 10.0 Å². The van der Waals surface area contributed by atoms with Crippen LogP contribution >= 0.6 is 15.9 Å². The van der Waals surface area contributed by atoms with Gasteiger partial charge in [0, 0.05) is 4.47 Å². The number of carbonyl (C=O) groups excluding carboxylic acids is 1. The summed E-state index contributed by atoms with van der Waals surface area (Å²) >= 11 is 3.35. The highest BCUT2D eigenvalue weighted by Gasteiger charge is 2.09. The lowest BCUT2D eigenvalue weighted by Crippen LogP contribution is -2.34. The number of nitriles is 1. The molecule has 0 aromatic heterocycles. The third-order valence-electron chi connectivity index (χ3n) is 2.15. The molecule has 0 spiro atoms. The number of hydrogen-bond acceptors (Lipinski definition) is 2. The van der Waals surface area contributed by atoms with Gasteiger partial charge in [0.2, 0.25) is 5.91 Å². The number of amides is 1. The predicted octanol–water partition coefficient (Wildman–Crippen LogP) is 2.41. The van der Waals surface area contributed by atoms with Crippen LogP contribution < -0.4 is 5.32 Å². The SMILES string of the molecule is CCC(C#N)NC(=O)Cc1cccc(Br)c1. The molecule has 0 aliphatic heterocycles. The smallest absolute Gasteiger partial charge is 0.225 e. The minimum atomic E-state index is -0.389. The minimum absolute atomic E-state index is 0.119. The van der Waals surface area contributed by atoms with Gasteiger partial charge in [0.1, 0.15) is 6.04 Å². The fourth-order valence-corrected chi connectivity index (χ4v) is 1.75.